The topological polar surface area (TPSA) is 40.9 Å². The van der Waals surface area contributed by atoms with Gasteiger partial charge in [-0.1, -0.05) is 23.2 Å². The molecule has 27 heavy (non-hydrogen) atoms. The number of ether oxygens (including phenoxy) is 1. The lowest BCUT2D eigenvalue weighted by Crippen LogP contribution is -2.43. The summed E-state index contributed by atoms with van der Waals surface area (Å²) in [5.74, 6) is 1.77. The maximum absolute atomic E-state index is 6.11. The minimum Gasteiger partial charge on any atom is -0.464 e. The van der Waals surface area contributed by atoms with Gasteiger partial charge < -0.3 is 19.4 Å². The van der Waals surface area contributed by atoms with Crippen molar-refractivity contribution in [1.29, 1.82) is 0 Å². The van der Waals surface area contributed by atoms with E-state index in [1.807, 2.05) is 25.1 Å². The first kappa shape index (κ1) is 20.4. The van der Waals surface area contributed by atoms with Crippen molar-refractivity contribution in [3.63, 3.8) is 0 Å². The van der Waals surface area contributed by atoms with E-state index in [2.05, 4.69) is 15.1 Å². The second-order valence-electron chi connectivity index (χ2n) is 6.45. The van der Waals surface area contributed by atoms with Crippen LogP contribution in [0.25, 0.3) is 0 Å². The van der Waals surface area contributed by atoms with Crippen LogP contribution in [0.1, 0.15) is 11.5 Å². The Labute approximate surface area is 175 Å². The van der Waals surface area contributed by atoms with Crippen molar-refractivity contribution >= 4 is 46.2 Å². The second-order valence-corrected chi connectivity index (χ2v) is 7.65. The molecule has 1 saturated heterocycles. The molecule has 5 nitrogen and oxygen atoms in total. The Morgan fingerprint density at radius 1 is 1.19 bits per heavy atom. The maximum Gasteiger partial charge on any atom is 0.173 e. The van der Waals surface area contributed by atoms with E-state index in [4.69, 9.17) is 44.6 Å². The van der Waals surface area contributed by atoms with Crippen molar-refractivity contribution in [1.82, 2.24) is 9.80 Å². The minimum absolute atomic E-state index is 0.492. The maximum atomic E-state index is 6.11. The summed E-state index contributed by atoms with van der Waals surface area (Å²) in [6.07, 6.45) is 0. The van der Waals surface area contributed by atoms with E-state index in [0.29, 0.717) is 21.7 Å². The molecule has 1 N–H and O–H groups in total. The van der Waals surface area contributed by atoms with Crippen molar-refractivity contribution in [3.05, 3.63) is 51.9 Å². The molecule has 0 aliphatic carbocycles. The molecule has 0 saturated carbocycles. The highest BCUT2D eigenvalue weighted by molar-refractivity contribution is 7.80. The highest BCUT2D eigenvalue weighted by Crippen LogP contribution is 2.25. The van der Waals surface area contributed by atoms with Gasteiger partial charge in [-0.3, -0.25) is 4.90 Å². The molecule has 1 aromatic heterocycles. The molecule has 0 amide bonds. The van der Waals surface area contributed by atoms with Gasteiger partial charge in [0.25, 0.3) is 0 Å². The summed E-state index contributed by atoms with van der Waals surface area (Å²) in [5, 5.41) is 4.88. The monoisotopic (exact) mass is 427 g/mol. The summed E-state index contributed by atoms with van der Waals surface area (Å²) < 4.78 is 11.2. The zero-order valence-corrected chi connectivity index (χ0v) is 17.5. The van der Waals surface area contributed by atoms with Crippen LogP contribution in [0.4, 0.5) is 5.69 Å². The van der Waals surface area contributed by atoms with Gasteiger partial charge in [0.2, 0.25) is 0 Å². The van der Waals surface area contributed by atoms with Gasteiger partial charge >= 0.3 is 0 Å². The second kappa shape index (κ2) is 9.75. The Kier molecular flexibility index (Phi) is 7.38. The predicted octanol–water partition coefficient (Wildman–Crippen LogP) is 4.43. The fourth-order valence-electron chi connectivity index (χ4n) is 2.87. The molecule has 0 spiro atoms. The molecule has 2 heterocycles. The molecule has 2 aromatic rings. The molecule has 3 rings (SSSR count). The zero-order chi connectivity index (χ0) is 19.2. The van der Waals surface area contributed by atoms with Crippen molar-refractivity contribution < 1.29 is 9.15 Å². The third-order valence-corrected chi connectivity index (χ3v) is 5.49. The molecule has 1 aliphatic rings. The highest BCUT2D eigenvalue weighted by atomic mass is 35.5. The van der Waals surface area contributed by atoms with Crippen LogP contribution in [0.5, 0.6) is 0 Å². The molecule has 0 unspecified atom stereocenters. The number of hydrogen-bond acceptors (Lipinski definition) is 4. The molecular weight excluding hydrogens is 405 g/mol. The Hall–Kier alpha value is -1.31. The van der Waals surface area contributed by atoms with Gasteiger partial charge in [-0.15, -0.1) is 0 Å². The summed E-state index contributed by atoms with van der Waals surface area (Å²) in [4.78, 5) is 4.48. The van der Waals surface area contributed by atoms with Crippen molar-refractivity contribution in [2.24, 2.45) is 0 Å². The summed E-state index contributed by atoms with van der Waals surface area (Å²) in [7, 11) is 0. The van der Waals surface area contributed by atoms with Gasteiger partial charge in [-0.05, 0) is 49.5 Å². The van der Waals surface area contributed by atoms with E-state index in [1.54, 1.807) is 12.1 Å². The van der Waals surface area contributed by atoms with Crippen molar-refractivity contribution in [2.75, 3.05) is 44.7 Å². The van der Waals surface area contributed by atoms with Gasteiger partial charge in [-0.25, -0.2) is 0 Å². The standard InChI is InChI=1S/C19H23Cl2N3O2S/c1-14-2-4-16(26-14)13-24(7-6-23-8-10-25-11-9-23)19(27)22-15-3-5-17(20)18(21)12-15/h2-5,12H,6-11,13H2,1H3,(H,22,27). The molecule has 1 aliphatic heterocycles. The molecule has 0 radical (unpaired) electrons. The summed E-state index contributed by atoms with van der Waals surface area (Å²) >= 11 is 17.8. The smallest absolute Gasteiger partial charge is 0.173 e. The zero-order valence-electron chi connectivity index (χ0n) is 15.2. The van der Waals surface area contributed by atoms with E-state index in [1.165, 1.54) is 0 Å². The van der Waals surface area contributed by atoms with Crippen molar-refractivity contribution in [3.8, 4) is 0 Å². The summed E-state index contributed by atoms with van der Waals surface area (Å²) in [5.41, 5.74) is 0.807. The Morgan fingerprint density at radius 2 is 1.96 bits per heavy atom. The van der Waals surface area contributed by atoms with Crippen LogP contribution in [0, 0.1) is 6.92 Å². The number of nitrogens with zero attached hydrogens (tertiary/aromatic N) is 2. The fourth-order valence-corrected chi connectivity index (χ4v) is 3.45. The molecule has 1 aromatic carbocycles. The number of aryl methyl sites for hydroxylation is 1. The lowest BCUT2D eigenvalue weighted by Gasteiger charge is -2.31. The van der Waals surface area contributed by atoms with Gasteiger partial charge in [0.15, 0.2) is 5.11 Å². The largest absolute Gasteiger partial charge is 0.464 e. The van der Waals surface area contributed by atoms with Crippen LogP contribution in [0.2, 0.25) is 10.0 Å². The molecule has 8 heteroatoms. The Balaban J connectivity index is 1.66. The first-order valence-corrected chi connectivity index (χ1v) is 10.0. The Morgan fingerprint density at radius 3 is 2.63 bits per heavy atom. The van der Waals surface area contributed by atoms with Gasteiger partial charge in [0.1, 0.15) is 11.5 Å². The number of morpholine rings is 1. The summed E-state index contributed by atoms with van der Waals surface area (Å²) in [6.45, 7) is 7.69. The molecule has 146 valence electrons. The van der Waals surface area contributed by atoms with E-state index in [-0.39, 0.29) is 0 Å². The number of nitrogens with one attached hydrogen (secondary N) is 1. The fraction of sp³-hybridized carbons (Fsp3) is 0.421. The van der Waals surface area contributed by atoms with Crippen LogP contribution in [0.15, 0.2) is 34.7 Å². The molecular formula is C19H23Cl2N3O2S. The first-order valence-electron chi connectivity index (χ1n) is 8.87. The minimum atomic E-state index is 0.492. The number of halogens is 2. The third-order valence-electron chi connectivity index (χ3n) is 4.39. The SMILES string of the molecule is Cc1ccc(CN(CCN2CCOCC2)C(=S)Nc2ccc(Cl)c(Cl)c2)o1. The predicted molar refractivity (Wildman–Crippen MR) is 114 cm³/mol. The third kappa shape index (κ3) is 6.09. The first-order chi connectivity index (χ1) is 13.0. The van der Waals surface area contributed by atoms with Crippen molar-refractivity contribution in [2.45, 2.75) is 13.5 Å². The van der Waals surface area contributed by atoms with Crippen LogP contribution in [-0.4, -0.2) is 54.3 Å². The van der Waals surface area contributed by atoms with E-state index < -0.39 is 0 Å². The van der Waals surface area contributed by atoms with E-state index in [9.17, 15) is 0 Å². The number of furan rings is 1. The van der Waals surface area contributed by atoms with Crippen LogP contribution < -0.4 is 5.32 Å². The van der Waals surface area contributed by atoms with Crippen LogP contribution in [-0.2, 0) is 11.3 Å². The summed E-state index contributed by atoms with van der Waals surface area (Å²) in [6, 6.07) is 9.33. The number of rotatable bonds is 6. The normalized spacial score (nSPS) is 14.9. The van der Waals surface area contributed by atoms with Gasteiger partial charge in [0, 0.05) is 31.9 Å². The van der Waals surface area contributed by atoms with Crippen LogP contribution >= 0.6 is 35.4 Å². The van der Waals surface area contributed by atoms with E-state index >= 15 is 0 Å². The highest BCUT2D eigenvalue weighted by Gasteiger charge is 2.16. The van der Waals surface area contributed by atoms with Crippen LogP contribution in [0.3, 0.4) is 0 Å². The van der Waals surface area contributed by atoms with E-state index in [0.717, 1.165) is 56.6 Å². The Bertz CT molecular complexity index is 778. The average Bonchev–Trinajstić information content (AvgIpc) is 3.07. The number of anilines is 1. The lowest BCUT2D eigenvalue weighted by molar-refractivity contribution is 0.0356. The van der Waals surface area contributed by atoms with Gasteiger partial charge in [-0.2, -0.15) is 0 Å². The molecule has 0 bridgehead atoms. The number of benzene rings is 1. The lowest BCUT2D eigenvalue weighted by atomic mass is 10.3. The number of hydrogen-bond donors (Lipinski definition) is 1. The number of thiocarbonyl (C=S) groups is 1. The molecule has 1 fully saturated rings. The molecule has 0 atom stereocenters. The quantitative estimate of drug-likeness (QED) is 0.687. The average molecular weight is 428 g/mol. The van der Waals surface area contributed by atoms with Gasteiger partial charge in [0.05, 0.1) is 29.8 Å².